The van der Waals surface area contributed by atoms with Gasteiger partial charge in [-0.1, -0.05) is 18.2 Å². The van der Waals surface area contributed by atoms with Crippen molar-refractivity contribution in [2.45, 2.75) is 55.7 Å². The third-order valence-electron chi connectivity index (χ3n) is 5.40. The molecule has 6 nitrogen and oxygen atoms in total. The molecule has 2 aliphatic rings. The quantitative estimate of drug-likeness (QED) is 0.535. The zero-order chi connectivity index (χ0) is 21.1. The number of thioether (sulfide) groups is 1. The Bertz CT molecular complexity index is 1010. The summed E-state index contributed by atoms with van der Waals surface area (Å²) in [4.78, 5) is 31.6. The molecule has 1 aromatic heterocycles. The molecule has 0 N–H and O–H groups in total. The van der Waals surface area contributed by atoms with Crippen molar-refractivity contribution in [1.29, 1.82) is 5.26 Å². The fraction of sp³-hybridized carbons (Fsp3) is 0.391. The fourth-order valence-corrected chi connectivity index (χ4v) is 5.02. The SMILES string of the molecule is CCOc1ccc(N2C(=O)C[C@H](Sc3nc4c(cc3C#N)CCCCC4)C2=O)cc1. The van der Waals surface area contributed by atoms with Crippen LogP contribution in [0.4, 0.5) is 5.69 Å². The number of carbonyl (C=O) groups is 2. The topological polar surface area (TPSA) is 83.3 Å². The summed E-state index contributed by atoms with van der Waals surface area (Å²) in [6.45, 7) is 2.45. The highest BCUT2D eigenvalue weighted by Crippen LogP contribution is 2.36. The molecule has 1 aliphatic heterocycles. The molecule has 0 unspecified atom stereocenters. The smallest absolute Gasteiger partial charge is 0.247 e. The van der Waals surface area contributed by atoms with Crippen molar-refractivity contribution in [1.82, 2.24) is 4.98 Å². The zero-order valence-corrected chi connectivity index (χ0v) is 17.7. The summed E-state index contributed by atoms with van der Waals surface area (Å²) in [5, 5.41) is 9.58. The molecule has 2 aromatic rings. The Kier molecular flexibility index (Phi) is 6.05. The van der Waals surface area contributed by atoms with Crippen molar-refractivity contribution in [3.63, 3.8) is 0 Å². The Balaban J connectivity index is 1.56. The number of rotatable bonds is 5. The summed E-state index contributed by atoms with van der Waals surface area (Å²) >= 11 is 1.23. The number of imide groups is 1. The highest BCUT2D eigenvalue weighted by Gasteiger charge is 2.40. The summed E-state index contributed by atoms with van der Waals surface area (Å²) < 4.78 is 5.43. The van der Waals surface area contributed by atoms with Gasteiger partial charge >= 0.3 is 0 Å². The normalized spacial score (nSPS) is 18.7. The van der Waals surface area contributed by atoms with Gasteiger partial charge in [-0.2, -0.15) is 5.26 Å². The van der Waals surface area contributed by atoms with Crippen LogP contribution in [0, 0.1) is 11.3 Å². The number of nitriles is 1. The van der Waals surface area contributed by atoms with Gasteiger partial charge in [-0.3, -0.25) is 9.59 Å². The summed E-state index contributed by atoms with van der Waals surface area (Å²) in [7, 11) is 0. The molecule has 4 rings (SSSR count). The summed E-state index contributed by atoms with van der Waals surface area (Å²) in [5.74, 6) is 0.184. The largest absolute Gasteiger partial charge is 0.494 e. The van der Waals surface area contributed by atoms with Crippen LogP contribution in [0.15, 0.2) is 35.4 Å². The van der Waals surface area contributed by atoms with E-state index in [2.05, 4.69) is 6.07 Å². The molecule has 154 valence electrons. The van der Waals surface area contributed by atoms with Gasteiger partial charge in [-0.15, -0.1) is 0 Å². The van der Waals surface area contributed by atoms with Gasteiger partial charge in [0, 0.05) is 12.1 Å². The molecule has 1 fully saturated rings. The number of hydrogen-bond acceptors (Lipinski definition) is 6. The number of benzene rings is 1. The minimum absolute atomic E-state index is 0.0976. The number of carbonyl (C=O) groups excluding carboxylic acids is 2. The second-order valence-electron chi connectivity index (χ2n) is 7.42. The van der Waals surface area contributed by atoms with Gasteiger partial charge in [0.15, 0.2) is 0 Å². The number of amides is 2. The Hall–Kier alpha value is -2.85. The molecule has 2 amide bonds. The van der Waals surface area contributed by atoms with E-state index in [1.54, 1.807) is 24.3 Å². The lowest BCUT2D eigenvalue weighted by Crippen LogP contribution is -2.31. The van der Waals surface area contributed by atoms with Crippen LogP contribution < -0.4 is 9.64 Å². The fourth-order valence-electron chi connectivity index (χ4n) is 3.92. The number of hydrogen-bond donors (Lipinski definition) is 0. The summed E-state index contributed by atoms with van der Waals surface area (Å²) in [6, 6.07) is 11.1. The van der Waals surface area contributed by atoms with E-state index >= 15 is 0 Å². The molecular weight excluding hydrogens is 398 g/mol. The summed E-state index contributed by atoms with van der Waals surface area (Å²) in [6.07, 6.45) is 5.29. The van der Waals surface area contributed by atoms with Gasteiger partial charge in [0.05, 0.1) is 23.1 Å². The first-order valence-electron chi connectivity index (χ1n) is 10.3. The van der Waals surface area contributed by atoms with Crippen molar-refractivity contribution in [2.24, 2.45) is 0 Å². The van der Waals surface area contributed by atoms with Crippen molar-refractivity contribution >= 4 is 29.3 Å². The molecule has 1 aliphatic carbocycles. The highest BCUT2D eigenvalue weighted by atomic mass is 32.2. The molecule has 0 radical (unpaired) electrons. The van der Waals surface area contributed by atoms with E-state index in [1.807, 2.05) is 13.0 Å². The van der Waals surface area contributed by atoms with Crippen LogP contribution in [-0.4, -0.2) is 28.7 Å². The van der Waals surface area contributed by atoms with Crippen molar-refractivity contribution in [2.75, 3.05) is 11.5 Å². The molecule has 1 aromatic carbocycles. The lowest BCUT2D eigenvalue weighted by molar-refractivity contribution is -0.121. The average Bonchev–Trinajstić information content (AvgIpc) is 2.90. The number of nitrogens with zero attached hydrogens (tertiary/aromatic N) is 3. The number of aromatic nitrogens is 1. The van der Waals surface area contributed by atoms with Crippen molar-refractivity contribution in [3.8, 4) is 11.8 Å². The van der Waals surface area contributed by atoms with E-state index in [1.165, 1.54) is 16.7 Å². The van der Waals surface area contributed by atoms with Crippen LogP contribution in [0.2, 0.25) is 0 Å². The minimum Gasteiger partial charge on any atom is -0.494 e. The van der Waals surface area contributed by atoms with Gasteiger partial charge in [0.2, 0.25) is 11.8 Å². The van der Waals surface area contributed by atoms with E-state index < -0.39 is 5.25 Å². The van der Waals surface area contributed by atoms with E-state index in [-0.39, 0.29) is 18.2 Å². The van der Waals surface area contributed by atoms with Crippen molar-refractivity contribution in [3.05, 3.63) is 47.2 Å². The van der Waals surface area contributed by atoms with Crippen LogP contribution >= 0.6 is 11.8 Å². The minimum atomic E-state index is -0.576. The first kappa shape index (κ1) is 20.4. The van der Waals surface area contributed by atoms with E-state index in [4.69, 9.17) is 9.72 Å². The lowest BCUT2D eigenvalue weighted by atomic mass is 10.1. The number of fused-ring (bicyclic) bond motifs is 1. The Morgan fingerprint density at radius 2 is 1.97 bits per heavy atom. The lowest BCUT2D eigenvalue weighted by Gasteiger charge is -2.16. The monoisotopic (exact) mass is 421 g/mol. The number of aryl methyl sites for hydroxylation is 2. The van der Waals surface area contributed by atoms with Gasteiger partial charge in [-0.05, 0) is 68.5 Å². The first-order chi connectivity index (χ1) is 14.6. The molecule has 0 bridgehead atoms. The van der Waals surface area contributed by atoms with Crippen molar-refractivity contribution < 1.29 is 14.3 Å². The molecular formula is C23H23N3O3S. The molecule has 30 heavy (non-hydrogen) atoms. The number of ether oxygens (including phenoxy) is 1. The maximum absolute atomic E-state index is 13.0. The van der Waals surface area contributed by atoms with E-state index in [0.717, 1.165) is 43.4 Å². The van der Waals surface area contributed by atoms with Gasteiger partial charge in [-0.25, -0.2) is 9.88 Å². The molecule has 0 saturated carbocycles. The molecule has 0 spiro atoms. The second-order valence-corrected chi connectivity index (χ2v) is 8.62. The Morgan fingerprint density at radius 1 is 1.20 bits per heavy atom. The highest BCUT2D eigenvalue weighted by molar-refractivity contribution is 8.00. The molecule has 2 heterocycles. The average molecular weight is 422 g/mol. The maximum Gasteiger partial charge on any atom is 0.247 e. The van der Waals surface area contributed by atoms with E-state index in [9.17, 15) is 14.9 Å². The Labute approximate surface area is 180 Å². The number of pyridine rings is 1. The van der Waals surface area contributed by atoms with Gasteiger partial charge < -0.3 is 4.74 Å². The second kappa shape index (κ2) is 8.88. The molecule has 1 saturated heterocycles. The van der Waals surface area contributed by atoms with E-state index in [0.29, 0.717) is 28.6 Å². The van der Waals surface area contributed by atoms with Crippen LogP contribution in [0.5, 0.6) is 5.75 Å². The third-order valence-corrected chi connectivity index (χ3v) is 6.59. The first-order valence-corrected chi connectivity index (χ1v) is 11.2. The Morgan fingerprint density at radius 3 is 2.70 bits per heavy atom. The third kappa shape index (κ3) is 4.05. The predicted octanol–water partition coefficient (Wildman–Crippen LogP) is 4.05. The van der Waals surface area contributed by atoms with Crippen LogP contribution in [0.1, 0.15) is 49.4 Å². The number of anilines is 1. The molecule has 1 atom stereocenters. The van der Waals surface area contributed by atoms with Gasteiger partial charge in [0.1, 0.15) is 16.8 Å². The predicted molar refractivity (Wildman–Crippen MR) is 115 cm³/mol. The zero-order valence-electron chi connectivity index (χ0n) is 16.9. The van der Waals surface area contributed by atoms with Crippen LogP contribution in [-0.2, 0) is 22.4 Å². The molecule has 7 heteroatoms. The van der Waals surface area contributed by atoms with Crippen LogP contribution in [0.3, 0.4) is 0 Å². The summed E-state index contributed by atoms with van der Waals surface area (Å²) in [5.41, 5.74) is 3.18. The van der Waals surface area contributed by atoms with Gasteiger partial charge in [0.25, 0.3) is 0 Å². The standard InChI is InChI=1S/C23H23N3O3S/c1-2-29-18-10-8-17(9-11-18)26-21(27)13-20(23(26)28)30-22-16(14-24)12-15-6-4-3-5-7-19(15)25-22/h8-12,20H,2-7,13H2,1H3/t20-/m0/s1. The van der Waals surface area contributed by atoms with Crippen LogP contribution in [0.25, 0.3) is 0 Å². The maximum atomic E-state index is 13.0.